The molecule has 0 aromatic carbocycles. The summed E-state index contributed by atoms with van der Waals surface area (Å²) in [6.45, 7) is 3.29. The van der Waals surface area contributed by atoms with Gasteiger partial charge in [-0.25, -0.2) is 0 Å². The zero-order chi connectivity index (χ0) is 12.1. The van der Waals surface area contributed by atoms with Crippen molar-refractivity contribution in [3.05, 3.63) is 0 Å². The third-order valence-corrected chi connectivity index (χ3v) is 6.95. The molecule has 0 heterocycles. The SMILES string of the molecule is CCCCCCCCCCNC(=S)[S][Mo]=[S]. The van der Waals surface area contributed by atoms with E-state index in [1.54, 1.807) is 9.47 Å². The van der Waals surface area contributed by atoms with E-state index in [9.17, 15) is 0 Å². The van der Waals surface area contributed by atoms with Crippen molar-refractivity contribution in [1.29, 1.82) is 0 Å². The minimum atomic E-state index is -0.326. The van der Waals surface area contributed by atoms with Gasteiger partial charge in [-0.05, 0) is 0 Å². The van der Waals surface area contributed by atoms with E-state index in [1.807, 2.05) is 0 Å². The molecule has 95 valence electrons. The summed E-state index contributed by atoms with van der Waals surface area (Å²) in [6.07, 6.45) is 10.9. The second-order valence-corrected chi connectivity index (χ2v) is 9.87. The number of nitrogens with one attached hydrogen (secondary N) is 1. The van der Waals surface area contributed by atoms with Gasteiger partial charge in [-0.2, -0.15) is 0 Å². The average molecular weight is 360 g/mol. The monoisotopic (exact) mass is 362 g/mol. The van der Waals surface area contributed by atoms with Gasteiger partial charge in [0.1, 0.15) is 0 Å². The molecular formula is C11H22MoNS3. The van der Waals surface area contributed by atoms with Crippen molar-refractivity contribution < 1.29 is 15.5 Å². The molecule has 0 fully saturated rings. The van der Waals surface area contributed by atoms with Crippen LogP contribution in [0.2, 0.25) is 0 Å². The molecule has 0 unspecified atom stereocenters. The molecule has 0 aromatic rings. The van der Waals surface area contributed by atoms with Crippen LogP contribution in [0, 0.1) is 0 Å². The standard InChI is InChI=1S/C11H23NS2.Mo.S/c1-2-3-4-5-6-7-8-9-10-12-11(13)14;;/h2-10H2,1H3,(H2,12,13,14);;/q;+1;/p-1. The molecule has 1 nitrogen and oxygen atoms in total. The Kier molecular flexibility index (Phi) is 15.2. The van der Waals surface area contributed by atoms with Crippen molar-refractivity contribution in [3.63, 3.8) is 0 Å². The molecule has 0 saturated carbocycles. The molecule has 0 radical (unpaired) electrons. The quantitative estimate of drug-likeness (QED) is 0.339. The molecule has 5 heteroatoms. The van der Waals surface area contributed by atoms with E-state index in [0.717, 1.165) is 10.9 Å². The predicted molar refractivity (Wildman–Crippen MR) is 78.4 cm³/mol. The van der Waals surface area contributed by atoms with E-state index in [-0.39, 0.29) is 15.5 Å². The van der Waals surface area contributed by atoms with Crippen LogP contribution in [-0.4, -0.2) is 10.9 Å². The van der Waals surface area contributed by atoms with Crippen molar-refractivity contribution >= 4 is 35.8 Å². The summed E-state index contributed by atoms with van der Waals surface area (Å²) in [5, 5.41) is 3.26. The first kappa shape index (κ1) is 17.1. The van der Waals surface area contributed by atoms with Crippen molar-refractivity contribution in [2.24, 2.45) is 0 Å². The molecule has 0 amide bonds. The first-order valence-electron chi connectivity index (χ1n) is 6.05. The molecule has 0 aliphatic carbocycles. The summed E-state index contributed by atoms with van der Waals surface area (Å²) in [4.78, 5) is 0. The average Bonchev–Trinajstić information content (AvgIpc) is 2.27. The normalized spacial score (nSPS) is 10.1. The van der Waals surface area contributed by atoms with Crippen LogP contribution in [0.4, 0.5) is 0 Å². The Balaban J connectivity index is 3.03. The second-order valence-electron chi connectivity index (χ2n) is 3.84. The van der Waals surface area contributed by atoms with Crippen LogP contribution >= 0.6 is 31.5 Å². The molecule has 0 aromatic heterocycles. The van der Waals surface area contributed by atoms with Crippen LogP contribution in [0.3, 0.4) is 0 Å². The fourth-order valence-corrected chi connectivity index (χ4v) is 5.30. The van der Waals surface area contributed by atoms with Crippen molar-refractivity contribution in [2.45, 2.75) is 58.3 Å². The van der Waals surface area contributed by atoms with E-state index in [4.69, 9.17) is 22.0 Å². The summed E-state index contributed by atoms with van der Waals surface area (Å²) in [6, 6.07) is 0. The molecular weight excluding hydrogens is 338 g/mol. The van der Waals surface area contributed by atoms with E-state index in [1.165, 1.54) is 51.4 Å². The van der Waals surface area contributed by atoms with E-state index in [0.29, 0.717) is 0 Å². The summed E-state index contributed by atoms with van der Waals surface area (Å²) in [5.74, 6) is 0. The summed E-state index contributed by atoms with van der Waals surface area (Å²) >= 11 is 4.79. The summed E-state index contributed by atoms with van der Waals surface area (Å²) in [7, 11) is 6.64. The van der Waals surface area contributed by atoms with Gasteiger partial charge in [0.2, 0.25) is 0 Å². The van der Waals surface area contributed by atoms with Crippen LogP contribution in [0.15, 0.2) is 0 Å². The van der Waals surface area contributed by atoms with Crippen LogP contribution < -0.4 is 5.32 Å². The molecule has 0 bridgehead atoms. The predicted octanol–water partition coefficient (Wildman–Crippen LogP) is 4.84. The maximum atomic E-state index is 5.12. The topological polar surface area (TPSA) is 12.0 Å². The molecule has 0 saturated heterocycles. The van der Waals surface area contributed by atoms with Crippen LogP contribution in [0.25, 0.3) is 0 Å². The molecule has 0 aliphatic heterocycles. The van der Waals surface area contributed by atoms with Crippen molar-refractivity contribution in [1.82, 2.24) is 5.32 Å². The first-order chi connectivity index (χ1) is 7.81. The van der Waals surface area contributed by atoms with Gasteiger partial charge in [-0.1, -0.05) is 6.92 Å². The van der Waals surface area contributed by atoms with Crippen LogP contribution in [-0.2, 0) is 15.5 Å². The number of hydrogen-bond donors (Lipinski definition) is 1. The zero-order valence-electron chi connectivity index (χ0n) is 10.00. The molecule has 16 heavy (non-hydrogen) atoms. The van der Waals surface area contributed by atoms with Gasteiger partial charge in [0.15, 0.2) is 0 Å². The van der Waals surface area contributed by atoms with Crippen LogP contribution in [0.5, 0.6) is 0 Å². The Hall–Kier alpha value is 1.15. The molecule has 0 spiro atoms. The van der Waals surface area contributed by atoms with Gasteiger partial charge in [0.05, 0.1) is 0 Å². The Labute approximate surface area is 121 Å². The minimum absolute atomic E-state index is 0.326. The van der Waals surface area contributed by atoms with Gasteiger partial charge >= 0.3 is 115 Å². The molecule has 0 rings (SSSR count). The van der Waals surface area contributed by atoms with Crippen molar-refractivity contribution in [3.8, 4) is 0 Å². The number of hydrogen-bond acceptors (Lipinski definition) is 3. The number of rotatable bonds is 10. The summed E-state index contributed by atoms with van der Waals surface area (Å²) in [5.41, 5.74) is 0. The molecule has 0 atom stereocenters. The van der Waals surface area contributed by atoms with Gasteiger partial charge in [-0.15, -0.1) is 0 Å². The Morgan fingerprint density at radius 2 is 1.62 bits per heavy atom. The number of thiocarbonyl (C=S) groups is 1. The van der Waals surface area contributed by atoms with Gasteiger partial charge in [0.25, 0.3) is 0 Å². The third-order valence-electron chi connectivity index (χ3n) is 2.41. The second kappa shape index (κ2) is 14.2. The Morgan fingerprint density at radius 3 is 2.19 bits per heavy atom. The Morgan fingerprint density at radius 1 is 1.06 bits per heavy atom. The molecule has 1 N–H and O–H groups in total. The van der Waals surface area contributed by atoms with E-state index >= 15 is 0 Å². The molecule has 0 aliphatic rings. The maximum absolute atomic E-state index is 5.12. The van der Waals surface area contributed by atoms with E-state index < -0.39 is 0 Å². The zero-order valence-corrected chi connectivity index (χ0v) is 14.5. The first-order valence-corrected chi connectivity index (χ1v) is 12.5. The van der Waals surface area contributed by atoms with E-state index in [2.05, 4.69) is 12.2 Å². The van der Waals surface area contributed by atoms with Gasteiger partial charge in [-0.3, -0.25) is 0 Å². The van der Waals surface area contributed by atoms with Crippen LogP contribution in [0.1, 0.15) is 58.3 Å². The Bertz CT molecular complexity index is 188. The number of unbranched alkanes of at least 4 members (excludes halogenated alkanes) is 7. The fraction of sp³-hybridized carbons (Fsp3) is 0.909. The van der Waals surface area contributed by atoms with Gasteiger partial charge in [0, 0.05) is 0 Å². The van der Waals surface area contributed by atoms with Gasteiger partial charge < -0.3 is 0 Å². The fourth-order valence-electron chi connectivity index (χ4n) is 1.51. The summed E-state index contributed by atoms with van der Waals surface area (Å²) < 4.78 is 0.917. The third kappa shape index (κ3) is 13.2. The van der Waals surface area contributed by atoms with Crippen molar-refractivity contribution in [2.75, 3.05) is 6.54 Å².